The van der Waals surface area contributed by atoms with E-state index in [1.807, 2.05) is 36.4 Å². The van der Waals surface area contributed by atoms with E-state index in [0.717, 1.165) is 26.9 Å². The third-order valence-corrected chi connectivity index (χ3v) is 4.17. The highest BCUT2D eigenvalue weighted by atomic mass is 79.9. The summed E-state index contributed by atoms with van der Waals surface area (Å²) in [6.07, 6.45) is -0.650. The van der Waals surface area contributed by atoms with Crippen molar-refractivity contribution >= 4 is 15.9 Å². The topological polar surface area (TPSA) is 38.7 Å². The second-order valence-electron chi connectivity index (χ2n) is 4.82. The lowest BCUT2D eigenvalue weighted by Crippen LogP contribution is -2.01. The summed E-state index contributed by atoms with van der Waals surface area (Å²) in [4.78, 5) is 0. The number of benzene rings is 2. The van der Waals surface area contributed by atoms with Gasteiger partial charge in [-0.15, -0.1) is 0 Å². The van der Waals surface area contributed by atoms with Crippen molar-refractivity contribution in [3.05, 3.63) is 63.1 Å². The first-order chi connectivity index (χ1) is 9.69. The van der Waals surface area contributed by atoms with Crippen LogP contribution in [0, 0.1) is 0 Å². The molecule has 1 heterocycles. The Kier molecular flexibility index (Phi) is 3.78. The number of halogens is 1. The predicted molar refractivity (Wildman–Crippen MR) is 79.7 cm³/mol. The molecule has 20 heavy (non-hydrogen) atoms. The maximum Gasteiger partial charge on any atom is 0.133 e. The van der Waals surface area contributed by atoms with Crippen LogP contribution in [0.1, 0.15) is 28.4 Å². The summed E-state index contributed by atoms with van der Waals surface area (Å²) in [5, 5.41) is 10.5. The minimum absolute atomic E-state index is 0.627. The van der Waals surface area contributed by atoms with E-state index >= 15 is 0 Å². The lowest BCUT2D eigenvalue weighted by molar-refractivity contribution is 0.134. The number of aliphatic hydroxyl groups excluding tert-OH is 1. The number of hydrogen-bond donors (Lipinski definition) is 1. The fourth-order valence-electron chi connectivity index (χ4n) is 2.41. The van der Waals surface area contributed by atoms with Crippen LogP contribution in [0.3, 0.4) is 0 Å². The highest BCUT2D eigenvalue weighted by Gasteiger charge is 2.16. The summed E-state index contributed by atoms with van der Waals surface area (Å²) in [6, 6.07) is 11.6. The van der Waals surface area contributed by atoms with Crippen LogP contribution in [0.25, 0.3) is 0 Å². The van der Waals surface area contributed by atoms with Crippen LogP contribution in [0.15, 0.2) is 40.9 Å². The molecule has 0 radical (unpaired) electrons. The van der Waals surface area contributed by atoms with Crippen LogP contribution in [0.5, 0.6) is 5.75 Å². The van der Waals surface area contributed by atoms with Gasteiger partial charge in [-0.3, -0.25) is 0 Å². The molecule has 3 rings (SSSR count). The summed E-state index contributed by atoms with van der Waals surface area (Å²) in [6.45, 7) is 1.29. The molecular formula is C16H15BrO3. The minimum atomic E-state index is -0.650. The summed E-state index contributed by atoms with van der Waals surface area (Å²) in [7, 11) is 1.62. The molecule has 104 valence electrons. The molecule has 0 fully saturated rings. The smallest absolute Gasteiger partial charge is 0.133 e. The van der Waals surface area contributed by atoms with E-state index in [9.17, 15) is 5.11 Å². The van der Waals surface area contributed by atoms with Crippen molar-refractivity contribution < 1.29 is 14.6 Å². The van der Waals surface area contributed by atoms with Crippen molar-refractivity contribution in [2.75, 3.05) is 7.11 Å². The monoisotopic (exact) mass is 334 g/mol. The number of fused-ring (bicyclic) bond motifs is 1. The molecule has 1 unspecified atom stereocenters. The van der Waals surface area contributed by atoms with Crippen LogP contribution in [0.2, 0.25) is 0 Å². The largest absolute Gasteiger partial charge is 0.496 e. The third kappa shape index (κ3) is 2.46. The molecule has 0 spiro atoms. The van der Waals surface area contributed by atoms with Crippen molar-refractivity contribution in [3.63, 3.8) is 0 Å². The fourth-order valence-corrected chi connectivity index (χ4v) is 2.97. The van der Waals surface area contributed by atoms with Crippen molar-refractivity contribution in [2.45, 2.75) is 19.3 Å². The molecule has 1 atom stereocenters. The maximum atomic E-state index is 10.5. The Morgan fingerprint density at radius 2 is 1.80 bits per heavy atom. The highest BCUT2D eigenvalue weighted by molar-refractivity contribution is 9.10. The maximum absolute atomic E-state index is 10.5. The number of methoxy groups -OCH3 is 1. The summed E-state index contributed by atoms with van der Waals surface area (Å²) >= 11 is 3.44. The lowest BCUT2D eigenvalue weighted by Gasteiger charge is -2.14. The van der Waals surface area contributed by atoms with Gasteiger partial charge in [-0.2, -0.15) is 0 Å². The predicted octanol–water partition coefficient (Wildman–Crippen LogP) is 3.57. The molecule has 1 aliphatic heterocycles. The summed E-state index contributed by atoms with van der Waals surface area (Å²) < 4.78 is 11.4. The van der Waals surface area contributed by atoms with Gasteiger partial charge in [0.05, 0.1) is 24.8 Å². The Morgan fingerprint density at radius 1 is 1.10 bits per heavy atom. The van der Waals surface area contributed by atoms with Crippen LogP contribution in [0.4, 0.5) is 0 Å². The quantitative estimate of drug-likeness (QED) is 0.932. The van der Waals surface area contributed by atoms with E-state index in [4.69, 9.17) is 9.47 Å². The third-order valence-electron chi connectivity index (χ3n) is 3.55. The first-order valence-electron chi connectivity index (χ1n) is 6.40. The molecule has 1 aliphatic rings. The Balaban J connectivity index is 1.92. The fraction of sp³-hybridized carbons (Fsp3) is 0.250. The SMILES string of the molecule is COc1ccc(C(O)c2ccc3c(c2)COC3)cc1Br. The lowest BCUT2D eigenvalue weighted by atomic mass is 9.98. The van der Waals surface area contributed by atoms with Gasteiger partial charge in [0.1, 0.15) is 11.9 Å². The first kappa shape index (κ1) is 13.6. The van der Waals surface area contributed by atoms with E-state index in [2.05, 4.69) is 15.9 Å². The van der Waals surface area contributed by atoms with Crippen LogP contribution in [-0.2, 0) is 18.0 Å². The number of aliphatic hydroxyl groups is 1. The number of ether oxygens (including phenoxy) is 2. The zero-order chi connectivity index (χ0) is 14.1. The van der Waals surface area contributed by atoms with Crippen LogP contribution >= 0.6 is 15.9 Å². The average molecular weight is 335 g/mol. The standard InChI is InChI=1S/C16H15BrO3/c1-19-15-5-4-11(7-14(15)17)16(18)10-2-3-12-8-20-9-13(12)6-10/h2-7,16,18H,8-9H2,1H3. The molecule has 0 aromatic heterocycles. The second kappa shape index (κ2) is 5.56. The van der Waals surface area contributed by atoms with Crippen molar-refractivity contribution in [1.29, 1.82) is 0 Å². The normalized spacial score (nSPS) is 14.9. The molecular weight excluding hydrogens is 320 g/mol. The zero-order valence-corrected chi connectivity index (χ0v) is 12.7. The van der Waals surface area contributed by atoms with Crippen molar-refractivity contribution in [1.82, 2.24) is 0 Å². The molecule has 2 aromatic rings. The Bertz CT molecular complexity index is 640. The van der Waals surface area contributed by atoms with Crippen LogP contribution < -0.4 is 4.74 Å². The van der Waals surface area contributed by atoms with Crippen LogP contribution in [-0.4, -0.2) is 12.2 Å². The van der Waals surface area contributed by atoms with Gasteiger partial charge in [0.15, 0.2) is 0 Å². The number of rotatable bonds is 3. The Morgan fingerprint density at radius 3 is 2.55 bits per heavy atom. The van der Waals surface area contributed by atoms with Gasteiger partial charge in [0, 0.05) is 0 Å². The van der Waals surface area contributed by atoms with Gasteiger partial charge in [-0.1, -0.05) is 24.3 Å². The van der Waals surface area contributed by atoms with Gasteiger partial charge < -0.3 is 14.6 Å². The molecule has 0 saturated carbocycles. The highest BCUT2D eigenvalue weighted by Crippen LogP contribution is 2.32. The van der Waals surface area contributed by atoms with Gasteiger partial charge in [-0.05, 0) is 50.3 Å². The van der Waals surface area contributed by atoms with Crippen molar-refractivity contribution in [2.24, 2.45) is 0 Å². The van der Waals surface area contributed by atoms with Gasteiger partial charge in [0.2, 0.25) is 0 Å². The van der Waals surface area contributed by atoms with E-state index in [1.165, 1.54) is 5.56 Å². The first-order valence-corrected chi connectivity index (χ1v) is 7.19. The molecule has 3 nitrogen and oxygen atoms in total. The van der Waals surface area contributed by atoms with E-state index < -0.39 is 6.10 Å². The van der Waals surface area contributed by atoms with E-state index in [-0.39, 0.29) is 0 Å². The van der Waals surface area contributed by atoms with Gasteiger partial charge in [0.25, 0.3) is 0 Å². The Labute approximate surface area is 126 Å². The van der Waals surface area contributed by atoms with E-state index in [1.54, 1.807) is 7.11 Å². The zero-order valence-electron chi connectivity index (χ0n) is 11.1. The minimum Gasteiger partial charge on any atom is -0.496 e. The molecule has 0 bridgehead atoms. The average Bonchev–Trinajstić information content (AvgIpc) is 2.93. The molecule has 2 aromatic carbocycles. The molecule has 1 N–H and O–H groups in total. The Hall–Kier alpha value is -1.36. The summed E-state index contributed by atoms with van der Waals surface area (Å²) in [5.41, 5.74) is 4.08. The molecule has 0 saturated heterocycles. The van der Waals surface area contributed by atoms with Crippen molar-refractivity contribution in [3.8, 4) is 5.75 Å². The van der Waals surface area contributed by atoms with Gasteiger partial charge >= 0.3 is 0 Å². The van der Waals surface area contributed by atoms with Gasteiger partial charge in [-0.25, -0.2) is 0 Å². The summed E-state index contributed by atoms with van der Waals surface area (Å²) in [5.74, 6) is 0.753. The number of hydrogen-bond acceptors (Lipinski definition) is 3. The molecule has 0 amide bonds. The molecule has 0 aliphatic carbocycles. The second-order valence-corrected chi connectivity index (χ2v) is 5.67. The van der Waals surface area contributed by atoms with E-state index in [0.29, 0.717) is 13.2 Å². The molecule has 4 heteroatoms.